The van der Waals surface area contributed by atoms with Gasteiger partial charge in [-0.3, -0.25) is 9.59 Å². The van der Waals surface area contributed by atoms with E-state index >= 15 is 0 Å². The van der Waals surface area contributed by atoms with E-state index in [-0.39, 0.29) is 11.5 Å². The fourth-order valence-electron chi connectivity index (χ4n) is 2.58. The third kappa shape index (κ3) is 2.49. The van der Waals surface area contributed by atoms with Crippen molar-refractivity contribution in [3.8, 4) is 0 Å². The van der Waals surface area contributed by atoms with Gasteiger partial charge in [0.2, 0.25) is 0 Å². The second kappa shape index (κ2) is 5.32. The fraction of sp³-hybridized carbons (Fsp3) is 0.357. The van der Waals surface area contributed by atoms with Gasteiger partial charge >= 0.3 is 0 Å². The summed E-state index contributed by atoms with van der Waals surface area (Å²) in [4.78, 5) is 25.0. The molecule has 1 saturated heterocycles. The van der Waals surface area contributed by atoms with Crippen LogP contribution in [-0.4, -0.2) is 38.7 Å². The molecule has 6 nitrogen and oxygen atoms in total. The minimum Gasteiger partial charge on any atom is -0.351 e. The Hall–Kier alpha value is -2.37. The molecule has 0 unspecified atom stereocenters. The van der Waals surface area contributed by atoms with Crippen molar-refractivity contribution < 1.29 is 4.79 Å². The normalized spacial score (nSPS) is 16.3. The molecule has 1 aliphatic heterocycles. The smallest absolute Gasteiger partial charge is 0.274 e. The summed E-state index contributed by atoms with van der Waals surface area (Å²) in [5, 5.41) is 6.08. The third-order valence-corrected chi connectivity index (χ3v) is 3.70. The molecule has 3 rings (SSSR count). The van der Waals surface area contributed by atoms with Crippen LogP contribution in [-0.2, 0) is 0 Å². The van der Waals surface area contributed by atoms with Gasteiger partial charge in [0.1, 0.15) is 5.69 Å². The summed E-state index contributed by atoms with van der Waals surface area (Å²) in [7, 11) is 0. The molecule has 1 fully saturated rings. The van der Waals surface area contributed by atoms with E-state index in [1.165, 1.54) is 12.1 Å². The van der Waals surface area contributed by atoms with E-state index in [1.54, 1.807) is 4.90 Å². The first-order valence-corrected chi connectivity index (χ1v) is 6.71. The fourth-order valence-corrected chi connectivity index (χ4v) is 2.58. The van der Waals surface area contributed by atoms with E-state index in [2.05, 4.69) is 27.2 Å². The average molecular weight is 272 g/mol. The molecule has 1 amide bonds. The van der Waals surface area contributed by atoms with Gasteiger partial charge in [0.15, 0.2) is 0 Å². The van der Waals surface area contributed by atoms with Gasteiger partial charge in [-0.25, -0.2) is 5.10 Å². The summed E-state index contributed by atoms with van der Waals surface area (Å²) in [6.45, 7) is 1.42. The van der Waals surface area contributed by atoms with Crippen molar-refractivity contribution in [3.63, 3.8) is 0 Å². The van der Waals surface area contributed by atoms with Crippen LogP contribution in [0.4, 0.5) is 0 Å². The van der Waals surface area contributed by atoms with Crippen molar-refractivity contribution in [1.82, 2.24) is 19.7 Å². The van der Waals surface area contributed by atoms with Crippen LogP contribution in [0.2, 0.25) is 0 Å². The largest absolute Gasteiger partial charge is 0.351 e. The number of nitrogens with zero attached hydrogens (tertiary/aromatic N) is 3. The van der Waals surface area contributed by atoms with Gasteiger partial charge < -0.3 is 9.47 Å². The Balaban J connectivity index is 1.64. The van der Waals surface area contributed by atoms with E-state index in [0.717, 1.165) is 12.8 Å². The number of carbonyl (C=O) groups is 1. The number of hydrogen-bond acceptors (Lipinski definition) is 3. The molecule has 104 valence electrons. The lowest BCUT2D eigenvalue weighted by Crippen LogP contribution is -2.39. The first-order chi connectivity index (χ1) is 9.74. The van der Waals surface area contributed by atoms with Crippen LogP contribution in [0.1, 0.15) is 29.4 Å². The van der Waals surface area contributed by atoms with Crippen LogP contribution in [0.3, 0.4) is 0 Å². The second-order valence-electron chi connectivity index (χ2n) is 4.96. The van der Waals surface area contributed by atoms with E-state index in [1.807, 2.05) is 12.1 Å². The lowest BCUT2D eigenvalue weighted by Gasteiger charge is -2.32. The van der Waals surface area contributed by atoms with Gasteiger partial charge in [0, 0.05) is 37.6 Å². The standard InChI is InChI=1S/C14H16N4O2/c19-13-4-3-12(15-16-13)14(20)18-9-5-11(6-10-18)17-7-1-2-8-17/h1-4,7-8,11H,5-6,9-10H2,(H,16,19). The first-order valence-electron chi connectivity index (χ1n) is 6.71. The molecule has 1 aliphatic rings. The van der Waals surface area contributed by atoms with E-state index in [9.17, 15) is 9.59 Å². The number of carbonyl (C=O) groups excluding carboxylic acids is 1. The number of aromatic amines is 1. The van der Waals surface area contributed by atoms with Gasteiger partial charge in [0.05, 0.1) is 0 Å². The molecule has 0 aliphatic carbocycles. The highest BCUT2D eigenvalue weighted by Gasteiger charge is 2.24. The predicted octanol–water partition coefficient (Wildman–Crippen LogP) is 1.05. The highest BCUT2D eigenvalue weighted by Crippen LogP contribution is 2.23. The molecule has 6 heteroatoms. The van der Waals surface area contributed by atoms with Crippen LogP contribution in [0.5, 0.6) is 0 Å². The summed E-state index contributed by atoms with van der Waals surface area (Å²) in [6.07, 6.45) is 5.99. The van der Waals surface area contributed by atoms with Crippen molar-refractivity contribution in [2.45, 2.75) is 18.9 Å². The Bertz CT molecular complexity index is 619. The maximum absolute atomic E-state index is 12.2. The Kier molecular flexibility index (Phi) is 3.37. The maximum atomic E-state index is 12.2. The lowest BCUT2D eigenvalue weighted by molar-refractivity contribution is 0.0687. The summed E-state index contributed by atoms with van der Waals surface area (Å²) < 4.78 is 2.19. The van der Waals surface area contributed by atoms with Crippen LogP contribution in [0.15, 0.2) is 41.5 Å². The number of rotatable bonds is 2. The summed E-state index contributed by atoms with van der Waals surface area (Å²) in [5.41, 5.74) is -0.00289. The summed E-state index contributed by atoms with van der Waals surface area (Å²) in [6, 6.07) is 7.28. The van der Waals surface area contributed by atoms with Crippen molar-refractivity contribution in [3.05, 3.63) is 52.7 Å². The van der Waals surface area contributed by atoms with Gasteiger partial charge in [-0.2, -0.15) is 5.10 Å². The molecule has 3 heterocycles. The summed E-state index contributed by atoms with van der Waals surface area (Å²) in [5.74, 6) is -0.118. The van der Waals surface area contributed by atoms with E-state index < -0.39 is 0 Å². The van der Waals surface area contributed by atoms with Crippen LogP contribution in [0.25, 0.3) is 0 Å². The molecule has 0 spiro atoms. The number of amides is 1. The number of piperidine rings is 1. The van der Waals surface area contributed by atoms with Gasteiger partial charge in [-0.05, 0) is 31.0 Å². The zero-order valence-corrected chi connectivity index (χ0v) is 11.0. The van der Waals surface area contributed by atoms with Gasteiger partial charge in [0.25, 0.3) is 11.5 Å². The lowest BCUT2D eigenvalue weighted by atomic mass is 10.0. The second-order valence-corrected chi connectivity index (χ2v) is 4.96. The first kappa shape index (κ1) is 12.7. The Morgan fingerprint density at radius 2 is 1.90 bits per heavy atom. The molecular formula is C14H16N4O2. The van der Waals surface area contributed by atoms with Gasteiger partial charge in [-0.1, -0.05) is 0 Å². The zero-order chi connectivity index (χ0) is 13.9. The van der Waals surface area contributed by atoms with Crippen molar-refractivity contribution >= 4 is 5.91 Å². The topological polar surface area (TPSA) is 71.0 Å². The van der Waals surface area contributed by atoms with Crippen molar-refractivity contribution in [2.75, 3.05) is 13.1 Å². The Morgan fingerprint density at radius 1 is 1.20 bits per heavy atom. The molecule has 0 aromatic carbocycles. The molecule has 0 bridgehead atoms. The van der Waals surface area contributed by atoms with Gasteiger partial charge in [-0.15, -0.1) is 0 Å². The predicted molar refractivity (Wildman–Crippen MR) is 73.5 cm³/mol. The molecule has 0 saturated carbocycles. The highest BCUT2D eigenvalue weighted by atomic mass is 16.2. The van der Waals surface area contributed by atoms with Crippen LogP contribution < -0.4 is 5.56 Å². The SMILES string of the molecule is O=C(c1ccc(=O)[nH]n1)N1CCC(n2cccc2)CC1. The highest BCUT2D eigenvalue weighted by molar-refractivity contribution is 5.92. The minimum atomic E-state index is -0.298. The van der Waals surface area contributed by atoms with Crippen LogP contribution >= 0.6 is 0 Å². The minimum absolute atomic E-state index is 0.118. The third-order valence-electron chi connectivity index (χ3n) is 3.70. The van der Waals surface area contributed by atoms with Crippen molar-refractivity contribution in [1.29, 1.82) is 0 Å². The maximum Gasteiger partial charge on any atom is 0.274 e. The molecular weight excluding hydrogens is 256 g/mol. The number of likely N-dealkylation sites (tertiary alicyclic amines) is 1. The monoisotopic (exact) mass is 272 g/mol. The molecule has 20 heavy (non-hydrogen) atoms. The number of hydrogen-bond donors (Lipinski definition) is 1. The number of aromatic nitrogens is 3. The number of H-pyrrole nitrogens is 1. The van der Waals surface area contributed by atoms with Crippen LogP contribution in [0, 0.1) is 0 Å². The van der Waals surface area contributed by atoms with E-state index in [4.69, 9.17) is 0 Å². The summed E-state index contributed by atoms with van der Waals surface area (Å²) >= 11 is 0. The number of nitrogens with one attached hydrogen (secondary N) is 1. The Labute approximate surface area is 116 Å². The molecule has 0 radical (unpaired) electrons. The Morgan fingerprint density at radius 3 is 2.50 bits per heavy atom. The van der Waals surface area contributed by atoms with E-state index in [0.29, 0.717) is 24.8 Å². The average Bonchev–Trinajstić information content (AvgIpc) is 3.02. The molecule has 1 N–H and O–H groups in total. The molecule has 0 atom stereocenters. The molecule has 2 aromatic rings. The quantitative estimate of drug-likeness (QED) is 0.888. The zero-order valence-electron chi connectivity index (χ0n) is 11.0. The van der Waals surface area contributed by atoms with Crippen molar-refractivity contribution in [2.24, 2.45) is 0 Å². The molecule has 2 aromatic heterocycles.